The molecule has 0 spiro atoms. The topological polar surface area (TPSA) is 57.0 Å². The molecule has 1 heterocycles. The molecule has 0 bridgehead atoms. The van der Waals surface area contributed by atoms with Gasteiger partial charge in [0.2, 0.25) is 0 Å². The number of aromatic nitrogens is 3. The number of rotatable bonds is 6. The van der Waals surface area contributed by atoms with E-state index in [1.54, 1.807) is 4.68 Å². The molecule has 2 fully saturated rings. The van der Waals surface area contributed by atoms with Crippen molar-refractivity contribution in [3.05, 3.63) is 42.0 Å². The van der Waals surface area contributed by atoms with Crippen molar-refractivity contribution < 1.29 is 9.53 Å². The summed E-state index contributed by atoms with van der Waals surface area (Å²) in [6, 6.07) is 9.76. The molecule has 5 nitrogen and oxygen atoms in total. The molecule has 2 aliphatic carbocycles. The smallest absolute Gasteiger partial charge is 0.378 e. The highest BCUT2D eigenvalue weighted by Crippen LogP contribution is 2.40. The molecule has 0 N–H and O–H groups in total. The van der Waals surface area contributed by atoms with E-state index in [1.165, 1.54) is 0 Å². The third kappa shape index (κ3) is 3.05. The van der Waals surface area contributed by atoms with E-state index >= 15 is 0 Å². The van der Waals surface area contributed by atoms with Gasteiger partial charge in [-0.15, -0.1) is 17.4 Å². The summed E-state index contributed by atoms with van der Waals surface area (Å²) in [5, 5.41) is 4.41. The molecule has 2 aromatic rings. The van der Waals surface area contributed by atoms with E-state index in [0.29, 0.717) is 18.3 Å². The van der Waals surface area contributed by atoms with Gasteiger partial charge in [0.05, 0.1) is 5.69 Å². The van der Waals surface area contributed by atoms with Crippen LogP contribution in [0.3, 0.4) is 0 Å². The summed E-state index contributed by atoms with van der Waals surface area (Å²) >= 11 is 0. The van der Waals surface area contributed by atoms with Gasteiger partial charge in [0.25, 0.3) is 5.82 Å². The average Bonchev–Trinajstić information content (AvgIpc) is 3.52. The largest absolute Gasteiger partial charge is 0.455 e. The third-order valence-electron chi connectivity index (χ3n) is 4.48. The van der Waals surface area contributed by atoms with Crippen molar-refractivity contribution in [2.24, 2.45) is 5.92 Å². The number of ether oxygens (including phenoxy) is 1. The summed E-state index contributed by atoms with van der Waals surface area (Å²) in [6.45, 7) is 0. The predicted molar refractivity (Wildman–Crippen MR) is 88.7 cm³/mol. The van der Waals surface area contributed by atoms with Crippen LogP contribution >= 0.6 is 0 Å². The number of para-hydroxylation sites is 1. The molecule has 122 valence electrons. The van der Waals surface area contributed by atoms with Crippen molar-refractivity contribution in [1.29, 1.82) is 0 Å². The van der Waals surface area contributed by atoms with Gasteiger partial charge >= 0.3 is 5.97 Å². The van der Waals surface area contributed by atoms with Gasteiger partial charge in [0.15, 0.2) is 0 Å². The predicted octanol–water partition coefficient (Wildman–Crippen LogP) is 3.10. The Hall–Kier alpha value is -2.61. The molecule has 0 amide bonds. The normalized spacial score (nSPS) is 18.0. The fraction of sp³-hybridized carbons (Fsp3) is 0.421. The second-order valence-electron chi connectivity index (χ2n) is 6.50. The SMILES string of the molecule is C#CC[C@H](OC(=O)c1nc(C2CC2)n(-c2ccccc2)n1)C1CC1. The summed E-state index contributed by atoms with van der Waals surface area (Å²) in [5.74, 6) is 3.86. The minimum absolute atomic E-state index is 0.128. The van der Waals surface area contributed by atoms with Crippen LogP contribution in [0.1, 0.15) is 54.5 Å². The van der Waals surface area contributed by atoms with E-state index in [1.807, 2.05) is 30.3 Å². The monoisotopic (exact) mass is 321 g/mol. The number of esters is 1. The Morgan fingerprint density at radius 1 is 1.29 bits per heavy atom. The van der Waals surface area contributed by atoms with Crippen LogP contribution in [0.2, 0.25) is 0 Å². The number of hydrogen-bond donors (Lipinski definition) is 0. The summed E-state index contributed by atoms with van der Waals surface area (Å²) in [6.07, 6.45) is 9.93. The fourth-order valence-corrected chi connectivity index (χ4v) is 2.85. The molecule has 1 aromatic carbocycles. The highest BCUT2D eigenvalue weighted by molar-refractivity contribution is 5.85. The van der Waals surface area contributed by atoms with Crippen LogP contribution in [-0.4, -0.2) is 26.8 Å². The first-order chi connectivity index (χ1) is 11.8. The van der Waals surface area contributed by atoms with Gasteiger partial charge in [-0.1, -0.05) is 18.2 Å². The van der Waals surface area contributed by atoms with Crippen LogP contribution in [0.25, 0.3) is 5.69 Å². The second kappa shape index (κ2) is 6.12. The van der Waals surface area contributed by atoms with Crippen molar-refractivity contribution in [2.45, 2.75) is 44.1 Å². The lowest BCUT2D eigenvalue weighted by atomic mass is 10.2. The molecule has 0 saturated heterocycles. The number of hydrogen-bond acceptors (Lipinski definition) is 4. The van der Waals surface area contributed by atoms with E-state index in [-0.39, 0.29) is 11.9 Å². The number of carbonyl (C=O) groups excluding carboxylic acids is 1. The van der Waals surface area contributed by atoms with Gasteiger partial charge in [0.1, 0.15) is 11.9 Å². The van der Waals surface area contributed by atoms with E-state index in [2.05, 4.69) is 16.0 Å². The Labute approximate surface area is 141 Å². The molecular weight excluding hydrogens is 302 g/mol. The van der Waals surface area contributed by atoms with Crippen LogP contribution < -0.4 is 0 Å². The lowest BCUT2D eigenvalue weighted by Gasteiger charge is -2.13. The van der Waals surface area contributed by atoms with Crippen molar-refractivity contribution >= 4 is 5.97 Å². The Morgan fingerprint density at radius 3 is 2.67 bits per heavy atom. The first-order valence-corrected chi connectivity index (χ1v) is 8.43. The van der Waals surface area contributed by atoms with Gasteiger partial charge in [0, 0.05) is 12.3 Å². The summed E-state index contributed by atoms with van der Waals surface area (Å²) in [4.78, 5) is 16.9. The second-order valence-corrected chi connectivity index (χ2v) is 6.50. The zero-order chi connectivity index (χ0) is 16.5. The Morgan fingerprint density at radius 2 is 2.04 bits per heavy atom. The Bertz CT molecular complexity index is 783. The molecular formula is C19H19N3O2. The van der Waals surface area contributed by atoms with E-state index < -0.39 is 5.97 Å². The van der Waals surface area contributed by atoms with Gasteiger partial charge in [-0.25, -0.2) is 14.5 Å². The summed E-state index contributed by atoms with van der Waals surface area (Å²) < 4.78 is 7.35. The maximum Gasteiger partial charge on any atom is 0.378 e. The quantitative estimate of drug-likeness (QED) is 0.606. The van der Waals surface area contributed by atoms with Gasteiger partial charge in [-0.2, -0.15) is 0 Å². The number of carbonyl (C=O) groups is 1. The zero-order valence-electron chi connectivity index (χ0n) is 13.4. The maximum absolute atomic E-state index is 12.5. The van der Waals surface area contributed by atoms with E-state index in [4.69, 9.17) is 11.2 Å². The van der Waals surface area contributed by atoms with Crippen LogP contribution in [0.4, 0.5) is 0 Å². The van der Waals surface area contributed by atoms with Crippen LogP contribution in [0.15, 0.2) is 30.3 Å². The first kappa shape index (κ1) is 14.9. The highest BCUT2D eigenvalue weighted by Gasteiger charge is 2.36. The van der Waals surface area contributed by atoms with Crippen molar-refractivity contribution in [3.63, 3.8) is 0 Å². The lowest BCUT2D eigenvalue weighted by Crippen LogP contribution is -2.21. The molecule has 2 aliphatic rings. The summed E-state index contributed by atoms with van der Waals surface area (Å²) in [5.41, 5.74) is 0.910. The molecule has 2 saturated carbocycles. The van der Waals surface area contributed by atoms with Gasteiger partial charge in [-0.05, 0) is 43.7 Å². The minimum Gasteiger partial charge on any atom is -0.455 e. The Kier molecular flexibility index (Phi) is 3.81. The lowest BCUT2D eigenvalue weighted by molar-refractivity contribution is 0.0247. The molecule has 1 aromatic heterocycles. The minimum atomic E-state index is -0.473. The van der Waals surface area contributed by atoms with Crippen LogP contribution in [0.5, 0.6) is 0 Å². The summed E-state index contributed by atoms with van der Waals surface area (Å²) in [7, 11) is 0. The molecule has 5 heteroatoms. The fourth-order valence-electron chi connectivity index (χ4n) is 2.85. The maximum atomic E-state index is 12.5. The van der Waals surface area contributed by atoms with Crippen LogP contribution in [0, 0.1) is 18.3 Å². The van der Waals surface area contributed by atoms with Gasteiger partial charge < -0.3 is 4.74 Å². The van der Waals surface area contributed by atoms with Crippen molar-refractivity contribution in [2.75, 3.05) is 0 Å². The van der Waals surface area contributed by atoms with Gasteiger partial charge in [-0.3, -0.25) is 0 Å². The molecule has 0 radical (unpaired) electrons. The number of nitrogens with zero attached hydrogens (tertiary/aromatic N) is 3. The molecule has 1 atom stereocenters. The number of terminal acetylenes is 1. The van der Waals surface area contributed by atoms with E-state index in [9.17, 15) is 4.79 Å². The van der Waals surface area contributed by atoms with Crippen LogP contribution in [-0.2, 0) is 4.74 Å². The average molecular weight is 321 g/mol. The molecule has 0 unspecified atom stereocenters. The Balaban J connectivity index is 1.59. The number of benzene rings is 1. The zero-order valence-corrected chi connectivity index (χ0v) is 13.4. The van der Waals surface area contributed by atoms with E-state index in [0.717, 1.165) is 37.2 Å². The third-order valence-corrected chi connectivity index (χ3v) is 4.48. The highest BCUT2D eigenvalue weighted by atomic mass is 16.5. The van der Waals surface area contributed by atoms with Crippen molar-refractivity contribution in [1.82, 2.24) is 14.8 Å². The standard InChI is InChI=1S/C19H19N3O2/c1-2-6-16(13-9-10-13)24-19(23)17-20-18(14-11-12-14)22(21-17)15-7-4-3-5-8-15/h1,3-5,7-8,13-14,16H,6,9-12H2/t16-/m0/s1. The first-order valence-electron chi connectivity index (χ1n) is 8.43. The van der Waals surface area contributed by atoms with Crippen molar-refractivity contribution in [3.8, 4) is 18.0 Å². The molecule has 0 aliphatic heterocycles. The molecule has 24 heavy (non-hydrogen) atoms. The molecule has 4 rings (SSSR count).